The average molecular weight is 206 g/mol. The molecule has 1 atom stereocenters. The van der Waals surface area contributed by atoms with Crippen LogP contribution in [0, 0.1) is 0 Å². The Bertz CT molecular complexity index is 442. The number of amides is 1. The number of hydrogen-bond donors (Lipinski definition) is 3. The van der Waals surface area contributed by atoms with E-state index in [4.69, 9.17) is 5.73 Å². The topological polar surface area (TPSA) is 86.8 Å². The third-order valence-electron chi connectivity index (χ3n) is 2.29. The summed E-state index contributed by atoms with van der Waals surface area (Å²) in [6.45, 7) is 0. The van der Waals surface area contributed by atoms with E-state index in [-0.39, 0.29) is 5.57 Å². The van der Waals surface area contributed by atoms with Crippen LogP contribution in [0.15, 0.2) is 29.8 Å². The lowest BCUT2D eigenvalue weighted by Crippen LogP contribution is -2.40. The molecule has 1 aliphatic rings. The number of para-hydroxylation sites is 1. The summed E-state index contributed by atoms with van der Waals surface area (Å²) in [6.07, 6.45) is 0.0621. The zero-order valence-corrected chi connectivity index (χ0v) is 7.79. The maximum absolute atomic E-state index is 11.0. The Balaban J connectivity index is 2.57. The van der Waals surface area contributed by atoms with Gasteiger partial charge in [0.25, 0.3) is 0 Å². The van der Waals surface area contributed by atoms with Gasteiger partial charge in [-0.2, -0.15) is 0 Å². The molecule has 5 heteroatoms. The van der Waals surface area contributed by atoms with Crippen LogP contribution in [0.2, 0.25) is 0 Å². The first-order chi connectivity index (χ1) is 7.11. The molecule has 1 aromatic carbocycles. The normalized spacial score (nSPS) is 19.5. The van der Waals surface area contributed by atoms with Crippen molar-refractivity contribution in [1.82, 2.24) is 0 Å². The fourth-order valence-corrected chi connectivity index (χ4v) is 1.52. The van der Waals surface area contributed by atoms with Gasteiger partial charge in [-0.05, 0) is 12.1 Å². The van der Waals surface area contributed by atoms with Crippen LogP contribution in [0.1, 0.15) is 5.56 Å². The third-order valence-corrected chi connectivity index (χ3v) is 2.29. The summed E-state index contributed by atoms with van der Waals surface area (Å²) in [7, 11) is 0. The minimum atomic E-state index is -1.41. The molecule has 78 valence electrons. The van der Waals surface area contributed by atoms with Crippen molar-refractivity contribution in [3.63, 3.8) is 0 Å². The van der Waals surface area contributed by atoms with E-state index in [0.717, 1.165) is 0 Å². The highest BCUT2D eigenvalue weighted by Gasteiger charge is 2.28. The number of anilines is 1. The largest absolute Gasteiger partial charge is 0.367 e. The Morgan fingerprint density at radius 2 is 2.07 bits per heavy atom. The summed E-state index contributed by atoms with van der Waals surface area (Å²) < 4.78 is 0. The van der Waals surface area contributed by atoms with E-state index in [0.29, 0.717) is 16.3 Å². The van der Waals surface area contributed by atoms with Crippen molar-refractivity contribution in [2.45, 2.75) is 6.23 Å². The number of rotatable bonds is 1. The second-order valence-corrected chi connectivity index (χ2v) is 3.24. The molecule has 4 N–H and O–H groups in total. The summed E-state index contributed by atoms with van der Waals surface area (Å²) in [4.78, 5) is 11.0. The van der Waals surface area contributed by atoms with Crippen LogP contribution in [-0.2, 0) is 4.79 Å². The van der Waals surface area contributed by atoms with Crippen LogP contribution in [0.3, 0.4) is 0 Å². The number of hydroxylamine groups is 1. The number of fused-ring (bicyclic) bond motifs is 1. The summed E-state index contributed by atoms with van der Waals surface area (Å²) in [6, 6.07) is 6.83. The lowest BCUT2D eigenvalue weighted by Gasteiger charge is -2.29. The Morgan fingerprint density at radius 3 is 2.73 bits per heavy atom. The molecule has 0 spiro atoms. The van der Waals surface area contributed by atoms with Crippen LogP contribution < -0.4 is 10.8 Å². The van der Waals surface area contributed by atoms with Crippen molar-refractivity contribution in [2.75, 3.05) is 5.06 Å². The van der Waals surface area contributed by atoms with Gasteiger partial charge >= 0.3 is 0 Å². The van der Waals surface area contributed by atoms with Crippen molar-refractivity contribution >= 4 is 17.7 Å². The number of nitrogens with two attached hydrogens (primary N) is 1. The number of aliphatic hydroxyl groups is 1. The summed E-state index contributed by atoms with van der Waals surface area (Å²) in [5.74, 6) is -0.754. The van der Waals surface area contributed by atoms with Gasteiger partial charge in [0.05, 0.1) is 11.3 Å². The van der Waals surface area contributed by atoms with Crippen LogP contribution in [-0.4, -0.2) is 22.4 Å². The highest BCUT2D eigenvalue weighted by Crippen LogP contribution is 2.29. The minimum absolute atomic E-state index is 0.0313. The summed E-state index contributed by atoms with van der Waals surface area (Å²) >= 11 is 0. The third kappa shape index (κ3) is 1.47. The highest BCUT2D eigenvalue weighted by molar-refractivity contribution is 6.00. The predicted octanol–water partition coefficient (Wildman–Crippen LogP) is 0.0829. The maximum Gasteiger partial charge on any atom is 0.249 e. The van der Waals surface area contributed by atoms with Crippen LogP contribution in [0.4, 0.5) is 5.69 Å². The molecule has 2 rings (SSSR count). The van der Waals surface area contributed by atoms with Crippen molar-refractivity contribution in [1.29, 1.82) is 0 Å². The van der Waals surface area contributed by atoms with Gasteiger partial charge in [0.2, 0.25) is 5.91 Å². The molecule has 5 nitrogen and oxygen atoms in total. The van der Waals surface area contributed by atoms with Crippen LogP contribution in [0.5, 0.6) is 0 Å². The molecule has 0 aliphatic carbocycles. The van der Waals surface area contributed by atoms with Gasteiger partial charge in [-0.15, -0.1) is 0 Å². The molecule has 0 radical (unpaired) electrons. The van der Waals surface area contributed by atoms with Crippen molar-refractivity contribution in [2.24, 2.45) is 5.73 Å². The number of hydrogen-bond acceptors (Lipinski definition) is 4. The number of carbonyl (C=O) groups is 1. The summed E-state index contributed by atoms with van der Waals surface area (Å²) in [5, 5.41) is 19.8. The zero-order chi connectivity index (χ0) is 11.0. The predicted molar refractivity (Wildman–Crippen MR) is 53.9 cm³/mol. The van der Waals surface area contributed by atoms with E-state index in [9.17, 15) is 15.1 Å². The van der Waals surface area contributed by atoms with Gasteiger partial charge in [0.15, 0.2) is 6.23 Å². The van der Waals surface area contributed by atoms with Gasteiger partial charge in [-0.25, -0.2) is 5.06 Å². The van der Waals surface area contributed by atoms with Crippen molar-refractivity contribution < 1.29 is 15.1 Å². The second kappa shape index (κ2) is 3.38. The smallest absolute Gasteiger partial charge is 0.249 e. The Kier molecular flexibility index (Phi) is 2.18. The maximum atomic E-state index is 11.0. The van der Waals surface area contributed by atoms with Gasteiger partial charge in [0.1, 0.15) is 0 Å². The summed E-state index contributed by atoms with van der Waals surface area (Å²) in [5.41, 5.74) is 6.12. The molecule has 15 heavy (non-hydrogen) atoms. The quantitative estimate of drug-likeness (QED) is 0.607. The van der Waals surface area contributed by atoms with E-state index in [2.05, 4.69) is 0 Å². The second-order valence-electron chi connectivity index (χ2n) is 3.24. The molecule has 1 aromatic rings. The van der Waals surface area contributed by atoms with Gasteiger partial charge in [-0.3, -0.25) is 10.0 Å². The Labute approximate surface area is 86.0 Å². The molecule has 0 saturated heterocycles. The van der Waals surface area contributed by atoms with E-state index >= 15 is 0 Å². The first kappa shape index (κ1) is 9.70. The minimum Gasteiger partial charge on any atom is -0.367 e. The number of carbonyl (C=O) groups excluding carboxylic acids is 1. The van der Waals surface area contributed by atoms with E-state index in [1.54, 1.807) is 24.3 Å². The van der Waals surface area contributed by atoms with E-state index < -0.39 is 12.1 Å². The standard InChI is InChI=1S/C10H10N2O3/c11-9(13)7-5-6-3-1-2-4-8(6)12(15)10(7)14/h1-5,10,14-15H,(H2,11,13). The molecule has 0 fully saturated rings. The molecule has 1 aliphatic heterocycles. The molecule has 0 bridgehead atoms. The monoisotopic (exact) mass is 206 g/mol. The number of primary amides is 1. The van der Waals surface area contributed by atoms with E-state index in [1.807, 2.05) is 0 Å². The molecule has 1 amide bonds. The van der Waals surface area contributed by atoms with Gasteiger partial charge in [0, 0.05) is 5.56 Å². The number of nitrogens with zero attached hydrogens (tertiary/aromatic N) is 1. The van der Waals surface area contributed by atoms with Gasteiger partial charge < -0.3 is 10.8 Å². The molecule has 0 aromatic heterocycles. The average Bonchev–Trinajstić information content (AvgIpc) is 2.23. The van der Waals surface area contributed by atoms with Crippen LogP contribution >= 0.6 is 0 Å². The van der Waals surface area contributed by atoms with Crippen LogP contribution in [0.25, 0.3) is 6.08 Å². The molecular formula is C10H10N2O3. The first-order valence-corrected chi connectivity index (χ1v) is 4.38. The molecule has 1 unspecified atom stereocenters. The number of aliphatic hydroxyl groups excluding tert-OH is 1. The molecular weight excluding hydrogens is 196 g/mol. The van der Waals surface area contributed by atoms with Gasteiger partial charge in [-0.1, -0.05) is 18.2 Å². The number of benzene rings is 1. The van der Waals surface area contributed by atoms with Crippen molar-refractivity contribution in [3.8, 4) is 0 Å². The highest BCUT2D eigenvalue weighted by atomic mass is 16.5. The fraction of sp³-hybridized carbons (Fsp3) is 0.100. The van der Waals surface area contributed by atoms with E-state index in [1.165, 1.54) is 6.08 Å². The first-order valence-electron chi connectivity index (χ1n) is 4.38. The van der Waals surface area contributed by atoms with Crippen molar-refractivity contribution in [3.05, 3.63) is 35.4 Å². The zero-order valence-electron chi connectivity index (χ0n) is 7.79. The lowest BCUT2D eigenvalue weighted by molar-refractivity contribution is -0.115. The Hall–Kier alpha value is -1.85. The Morgan fingerprint density at radius 1 is 1.40 bits per heavy atom. The lowest BCUT2D eigenvalue weighted by atomic mass is 10.0. The molecule has 1 heterocycles. The molecule has 0 saturated carbocycles. The fourth-order valence-electron chi connectivity index (χ4n) is 1.52. The SMILES string of the molecule is NC(=O)C1=Cc2ccccc2N(O)C1O.